The highest BCUT2D eigenvalue weighted by Gasteiger charge is 2.33. The van der Waals surface area contributed by atoms with Crippen LogP contribution in [0.25, 0.3) is 0 Å². The number of amides is 2. The van der Waals surface area contributed by atoms with Gasteiger partial charge in [0.15, 0.2) is 0 Å². The molecule has 0 radical (unpaired) electrons. The summed E-state index contributed by atoms with van der Waals surface area (Å²) >= 11 is 12.3. The molecular formula is C24H30Cl2FN3O4S. The van der Waals surface area contributed by atoms with Crippen LogP contribution < -0.4 is 9.62 Å². The highest BCUT2D eigenvalue weighted by Crippen LogP contribution is 2.31. The summed E-state index contributed by atoms with van der Waals surface area (Å²) in [6, 6.07) is 8.91. The van der Waals surface area contributed by atoms with E-state index in [-0.39, 0.29) is 34.6 Å². The average molecular weight is 546 g/mol. The molecule has 7 nitrogen and oxygen atoms in total. The fraction of sp³-hybridized carbons (Fsp3) is 0.417. The van der Waals surface area contributed by atoms with Crippen LogP contribution in [0.15, 0.2) is 42.5 Å². The Labute approximate surface area is 216 Å². The molecule has 0 aliphatic carbocycles. The van der Waals surface area contributed by atoms with Crippen molar-refractivity contribution in [3.63, 3.8) is 0 Å². The summed E-state index contributed by atoms with van der Waals surface area (Å²) in [4.78, 5) is 28.0. The molecule has 35 heavy (non-hydrogen) atoms. The Balaban J connectivity index is 2.49. The Morgan fingerprint density at radius 2 is 1.69 bits per heavy atom. The van der Waals surface area contributed by atoms with E-state index < -0.39 is 39.9 Å². The van der Waals surface area contributed by atoms with Gasteiger partial charge in [0.1, 0.15) is 18.4 Å². The van der Waals surface area contributed by atoms with E-state index in [2.05, 4.69) is 5.32 Å². The predicted octanol–water partition coefficient (Wildman–Crippen LogP) is 4.62. The number of benzene rings is 2. The standard InChI is InChI=1S/C24H30Cl2FN3O4S/c1-6-20(23(32)28-24(2,3)4)29(14-16-7-10-18(27)11-8-16)22(31)15-30(35(5,33)34)21-13-17(25)9-12-19(21)26/h7-13,20H,6,14-15H2,1-5H3,(H,28,32). The predicted molar refractivity (Wildman–Crippen MR) is 138 cm³/mol. The minimum atomic E-state index is -3.95. The van der Waals surface area contributed by atoms with Gasteiger partial charge in [0.25, 0.3) is 0 Å². The molecule has 0 spiro atoms. The summed E-state index contributed by atoms with van der Waals surface area (Å²) in [6.45, 7) is 6.55. The summed E-state index contributed by atoms with van der Waals surface area (Å²) in [5.74, 6) is -1.46. The lowest BCUT2D eigenvalue weighted by atomic mass is 10.1. The minimum Gasteiger partial charge on any atom is -0.350 e. The van der Waals surface area contributed by atoms with Crippen LogP contribution in [0.1, 0.15) is 39.7 Å². The van der Waals surface area contributed by atoms with Gasteiger partial charge in [0.2, 0.25) is 21.8 Å². The molecule has 1 atom stereocenters. The van der Waals surface area contributed by atoms with Crippen molar-refractivity contribution in [1.29, 1.82) is 0 Å². The summed E-state index contributed by atoms with van der Waals surface area (Å²) in [5.41, 5.74) is 0.0692. The van der Waals surface area contributed by atoms with Gasteiger partial charge < -0.3 is 10.2 Å². The van der Waals surface area contributed by atoms with Crippen molar-refractivity contribution in [2.75, 3.05) is 17.1 Å². The zero-order valence-electron chi connectivity index (χ0n) is 20.3. The average Bonchev–Trinajstić information content (AvgIpc) is 2.73. The molecule has 2 aromatic carbocycles. The summed E-state index contributed by atoms with van der Waals surface area (Å²) in [6.07, 6.45) is 1.22. The largest absolute Gasteiger partial charge is 0.350 e. The molecule has 0 bridgehead atoms. The van der Waals surface area contributed by atoms with Gasteiger partial charge in [-0.2, -0.15) is 0 Å². The van der Waals surface area contributed by atoms with Crippen LogP contribution in [-0.4, -0.2) is 49.5 Å². The van der Waals surface area contributed by atoms with E-state index in [9.17, 15) is 22.4 Å². The number of hydrogen-bond acceptors (Lipinski definition) is 4. The van der Waals surface area contributed by atoms with E-state index in [0.717, 1.165) is 10.6 Å². The molecule has 1 unspecified atom stereocenters. The van der Waals surface area contributed by atoms with E-state index in [1.165, 1.54) is 47.4 Å². The highest BCUT2D eigenvalue weighted by atomic mass is 35.5. The van der Waals surface area contributed by atoms with E-state index in [1.54, 1.807) is 6.92 Å². The third kappa shape index (κ3) is 8.37. The molecule has 2 amide bonds. The third-order valence-corrected chi connectivity index (χ3v) is 6.69. The third-order valence-electron chi connectivity index (χ3n) is 5.01. The van der Waals surface area contributed by atoms with Crippen LogP contribution in [0.4, 0.5) is 10.1 Å². The lowest BCUT2D eigenvalue weighted by Crippen LogP contribution is -2.55. The topological polar surface area (TPSA) is 86.8 Å². The monoisotopic (exact) mass is 545 g/mol. The lowest BCUT2D eigenvalue weighted by molar-refractivity contribution is -0.141. The number of nitrogens with zero attached hydrogens (tertiary/aromatic N) is 2. The first kappa shape index (κ1) is 28.9. The number of hydrogen-bond donors (Lipinski definition) is 1. The van der Waals surface area contributed by atoms with Crippen LogP contribution in [0, 0.1) is 5.82 Å². The van der Waals surface area contributed by atoms with Crippen molar-refractivity contribution in [2.45, 2.75) is 52.2 Å². The molecule has 0 aliphatic rings. The number of rotatable bonds is 9. The normalized spacial score (nSPS) is 12.7. The first-order chi connectivity index (χ1) is 16.1. The van der Waals surface area contributed by atoms with Gasteiger partial charge in [-0.15, -0.1) is 0 Å². The second-order valence-electron chi connectivity index (χ2n) is 9.18. The number of carbonyl (C=O) groups excluding carboxylic acids is 2. The molecule has 2 aromatic rings. The van der Waals surface area contributed by atoms with Gasteiger partial charge in [-0.1, -0.05) is 42.3 Å². The van der Waals surface area contributed by atoms with Gasteiger partial charge in [-0.05, 0) is 63.1 Å². The van der Waals surface area contributed by atoms with Gasteiger partial charge in [-0.25, -0.2) is 12.8 Å². The molecule has 192 valence electrons. The van der Waals surface area contributed by atoms with Crippen LogP contribution in [-0.2, 0) is 26.2 Å². The minimum absolute atomic E-state index is 0.0317. The fourth-order valence-corrected chi connectivity index (χ4v) is 4.72. The SMILES string of the molecule is CCC(C(=O)NC(C)(C)C)N(Cc1ccc(F)cc1)C(=O)CN(c1cc(Cl)ccc1Cl)S(C)(=O)=O. The van der Waals surface area contributed by atoms with Crippen LogP contribution in [0.3, 0.4) is 0 Å². The van der Waals surface area contributed by atoms with Gasteiger partial charge in [0, 0.05) is 17.1 Å². The first-order valence-corrected chi connectivity index (χ1v) is 13.5. The molecular weight excluding hydrogens is 516 g/mol. The number of sulfonamides is 1. The Morgan fingerprint density at radius 3 is 2.20 bits per heavy atom. The van der Waals surface area contributed by atoms with Crippen LogP contribution in [0.2, 0.25) is 10.0 Å². The smallest absolute Gasteiger partial charge is 0.244 e. The summed E-state index contributed by atoms with van der Waals surface area (Å²) < 4.78 is 39.6. The molecule has 0 aromatic heterocycles. The Kier molecular flexibility index (Phi) is 9.56. The highest BCUT2D eigenvalue weighted by molar-refractivity contribution is 7.92. The molecule has 2 rings (SSSR count). The van der Waals surface area contributed by atoms with Crippen molar-refractivity contribution < 1.29 is 22.4 Å². The van der Waals surface area contributed by atoms with Crippen molar-refractivity contribution in [2.24, 2.45) is 0 Å². The number of anilines is 1. The Bertz CT molecular complexity index is 1170. The van der Waals surface area contributed by atoms with Gasteiger partial charge in [0.05, 0.1) is 17.0 Å². The van der Waals surface area contributed by atoms with Crippen LogP contribution in [0.5, 0.6) is 0 Å². The van der Waals surface area contributed by atoms with Crippen molar-refractivity contribution in [3.05, 3.63) is 63.9 Å². The number of halogens is 3. The zero-order valence-corrected chi connectivity index (χ0v) is 22.6. The Morgan fingerprint density at radius 1 is 1.09 bits per heavy atom. The fourth-order valence-electron chi connectivity index (χ4n) is 3.43. The number of nitrogens with one attached hydrogen (secondary N) is 1. The second kappa shape index (κ2) is 11.6. The molecule has 0 aliphatic heterocycles. The molecule has 0 saturated carbocycles. The second-order valence-corrected chi connectivity index (χ2v) is 11.9. The maximum absolute atomic E-state index is 13.6. The molecule has 0 heterocycles. The summed E-state index contributed by atoms with van der Waals surface area (Å²) in [5, 5.41) is 3.20. The van der Waals surface area contributed by atoms with E-state index in [4.69, 9.17) is 23.2 Å². The van der Waals surface area contributed by atoms with Crippen molar-refractivity contribution >= 4 is 50.7 Å². The molecule has 1 N–H and O–H groups in total. The first-order valence-electron chi connectivity index (χ1n) is 10.9. The quantitative estimate of drug-likeness (QED) is 0.498. The molecule has 0 saturated heterocycles. The van der Waals surface area contributed by atoms with Gasteiger partial charge in [-0.3, -0.25) is 13.9 Å². The van der Waals surface area contributed by atoms with Crippen molar-refractivity contribution in [3.8, 4) is 0 Å². The van der Waals surface area contributed by atoms with Crippen LogP contribution >= 0.6 is 23.2 Å². The molecule has 0 fully saturated rings. The van der Waals surface area contributed by atoms with E-state index in [1.807, 2.05) is 20.8 Å². The zero-order chi connectivity index (χ0) is 26.6. The van der Waals surface area contributed by atoms with E-state index >= 15 is 0 Å². The maximum Gasteiger partial charge on any atom is 0.244 e. The number of carbonyl (C=O) groups is 2. The van der Waals surface area contributed by atoms with Gasteiger partial charge >= 0.3 is 0 Å². The lowest BCUT2D eigenvalue weighted by Gasteiger charge is -2.34. The van der Waals surface area contributed by atoms with E-state index in [0.29, 0.717) is 5.56 Å². The Hall–Kier alpha value is -2.36. The summed E-state index contributed by atoms with van der Waals surface area (Å²) in [7, 11) is -3.95. The molecule has 11 heteroatoms. The maximum atomic E-state index is 13.6. The van der Waals surface area contributed by atoms with Crippen molar-refractivity contribution in [1.82, 2.24) is 10.2 Å².